The summed E-state index contributed by atoms with van der Waals surface area (Å²) < 4.78 is 131. The van der Waals surface area contributed by atoms with Crippen molar-refractivity contribution in [2.45, 2.75) is 161 Å². The van der Waals surface area contributed by atoms with E-state index in [9.17, 15) is 38.2 Å². The van der Waals surface area contributed by atoms with Crippen molar-refractivity contribution in [1.82, 2.24) is 16.4 Å². The number of fused-ring (bicyclic) bond motifs is 8. The molecule has 3 aliphatic rings. The largest absolute Gasteiger partial charge is 0.335 e. The Bertz CT molecular complexity index is 5430. The van der Waals surface area contributed by atoms with E-state index >= 15 is 0 Å². The molecule has 0 amide bonds. The van der Waals surface area contributed by atoms with E-state index in [0.717, 1.165) is 110 Å². The number of halogens is 5. The third kappa shape index (κ3) is 30.1. The Balaban J connectivity index is 0.000000209. The Hall–Kier alpha value is -4.51. The Morgan fingerprint density at radius 1 is 0.429 bits per heavy atom. The fourth-order valence-corrected chi connectivity index (χ4v) is 23.0. The van der Waals surface area contributed by atoms with E-state index in [0.29, 0.717) is 80.0 Å². The highest BCUT2D eigenvalue weighted by Crippen LogP contribution is 2.51. The second kappa shape index (κ2) is 48.8. The number of rotatable bonds is 33. The summed E-state index contributed by atoms with van der Waals surface area (Å²) in [6.45, 7) is 21.8. The molecule has 6 heterocycles. The van der Waals surface area contributed by atoms with E-state index < -0.39 is 40.5 Å². The molecule has 648 valence electrons. The number of hydrogen-bond donors (Lipinski definition) is 4. The first kappa shape index (κ1) is 99.9. The first-order valence-corrected chi connectivity index (χ1v) is 53.6. The lowest BCUT2D eigenvalue weighted by Gasteiger charge is -2.20. The number of aryl methyl sites for hydroxylation is 3. The fraction of sp³-hybridized carbons (Fsp3) is 0.410. The predicted octanol–water partition coefficient (Wildman–Crippen LogP) is 22.3. The third-order valence-corrected chi connectivity index (χ3v) is 30.9. The van der Waals surface area contributed by atoms with Crippen LogP contribution in [0.1, 0.15) is 154 Å². The van der Waals surface area contributed by atoms with Crippen molar-refractivity contribution in [2.75, 3.05) is 77.0 Å². The van der Waals surface area contributed by atoms with Gasteiger partial charge in [0.2, 0.25) is 16.6 Å². The van der Waals surface area contributed by atoms with Gasteiger partial charge in [-0.3, -0.25) is 4.55 Å². The van der Waals surface area contributed by atoms with Crippen molar-refractivity contribution in [2.24, 2.45) is 14.1 Å². The maximum Gasteiger partial charge on any atom is 0.283 e. The maximum atomic E-state index is 12.3. The van der Waals surface area contributed by atoms with Gasteiger partial charge in [-0.15, -0.1) is 0 Å². The minimum absolute atomic E-state index is 0.00841. The number of anilines is 3. The number of aromatic nitrogens is 3. The summed E-state index contributed by atoms with van der Waals surface area (Å²) in [7, 11) is -10.8. The van der Waals surface area contributed by atoms with Gasteiger partial charge in [-0.2, -0.15) is 76.7 Å². The molecule has 0 saturated carbocycles. The van der Waals surface area contributed by atoms with Gasteiger partial charge in [-0.1, -0.05) is 261 Å². The molecule has 119 heavy (non-hydrogen) atoms. The lowest BCUT2D eigenvalue weighted by Crippen LogP contribution is -2.37. The quantitative estimate of drug-likeness (QED) is 0.0129. The lowest BCUT2D eigenvalue weighted by molar-refractivity contribution is -0.667. The zero-order valence-electron chi connectivity index (χ0n) is 68.7. The van der Waals surface area contributed by atoms with Gasteiger partial charge in [-0.05, 0) is 128 Å². The molecule has 0 saturated heterocycles. The van der Waals surface area contributed by atoms with Gasteiger partial charge in [0, 0.05) is 96.5 Å². The molecule has 0 atom stereocenters. The van der Waals surface area contributed by atoms with E-state index in [4.69, 9.17) is 47.7 Å². The standard InChI is InChI=1S/C27H28ClN3O6S4.C22H24Br2N3O3S3.C22H24Cl2N3O3S3.3C4H10/c1-2-29-37-41(35,36)16-6-14-31-26(39-24-11-9-19-7-3-4-8-21(19)27(24)31)18-25-30(13-5-15-40(32,33)34)22-17-20(28)10-12-23(22)38-25;2*1-3-25-30-33(28,29)11-5-4-10-27-18-13-16(24)7-9-20(18)32-22(27)14-21-26(2)17-12-15(23)6-8-19(17)31-21;3*1-3-4-2/h3-4,7-12,17-18,29H,2,5-6,13-16H2,1H3;2*6-9,12-14,25H,3-5,10-11H2,1-2H3;3*3-4H2,1-2H3/q;2*+1;;;/p+1. The monoisotopic (exact) mass is 2000 g/mol. The van der Waals surface area contributed by atoms with Crippen molar-refractivity contribution in [1.29, 1.82) is 0 Å². The van der Waals surface area contributed by atoms with Gasteiger partial charge in [0.25, 0.3) is 55.5 Å². The Kier molecular flexibility index (Phi) is 41.0. The average Bonchev–Trinajstić information content (AvgIpc) is 1.61. The molecular weight excluding hydrogens is 1900 g/mol. The fourth-order valence-electron chi connectivity index (χ4n) is 11.8. The third-order valence-electron chi connectivity index (χ3n) is 18.2. The molecule has 0 spiro atoms. The van der Waals surface area contributed by atoms with Crippen molar-refractivity contribution in [3.05, 3.63) is 182 Å². The number of thioether (sulfide) groups is 3. The van der Waals surface area contributed by atoms with E-state index in [1.165, 1.54) is 53.6 Å². The molecule has 4 N–H and O–H groups in total. The Morgan fingerprint density at radius 2 is 0.807 bits per heavy atom. The van der Waals surface area contributed by atoms with E-state index in [2.05, 4.69) is 193 Å². The highest BCUT2D eigenvalue weighted by Gasteiger charge is 2.33. The summed E-state index contributed by atoms with van der Waals surface area (Å²) in [5.41, 5.74) is 13.6. The number of hydrogen-bond acceptors (Lipinski definition) is 23. The van der Waals surface area contributed by atoms with E-state index in [1.807, 2.05) is 84.7 Å². The highest BCUT2D eigenvalue weighted by atomic mass is 79.9. The van der Waals surface area contributed by atoms with Crippen molar-refractivity contribution >= 4 is 253 Å². The Labute approximate surface area is 759 Å². The molecule has 13 rings (SSSR count). The minimum atomic E-state index is -4.10. The number of nitrogens with one attached hydrogen (secondary N) is 3. The second-order valence-corrected chi connectivity index (χ2v) is 43.6. The summed E-state index contributed by atoms with van der Waals surface area (Å²) in [4.78, 5) is 9.81. The molecule has 3 aromatic heterocycles. The summed E-state index contributed by atoms with van der Waals surface area (Å²) in [5, 5.41) is 10.4. The number of hydroxylamine groups is 3. The molecule has 21 nitrogen and oxygen atoms in total. The zero-order valence-corrected chi connectivity index (χ0v) is 82.3. The number of unbranched alkanes of at least 4 members (excludes halogenated alkanes) is 5. The molecule has 0 bridgehead atoms. The van der Waals surface area contributed by atoms with Crippen LogP contribution in [-0.2, 0) is 74.0 Å². The average molecular weight is 2010 g/mol. The zero-order chi connectivity index (χ0) is 86.6. The van der Waals surface area contributed by atoms with E-state index in [-0.39, 0.29) is 29.4 Å². The van der Waals surface area contributed by atoms with Crippen LogP contribution in [0.2, 0.25) is 15.1 Å². The van der Waals surface area contributed by atoms with Crippen LogP contribution in [0.25, 0.3) is 59.7 Å². The first-order chi connectivity index (χ1) is 56.8. The van der Waals surface area contributed by atoms with Crippen LogP contribution in [-0.4, -0.2) is 101 Å². The van der Waals surface area contributed by atoms with Gasteiger partial charge in [0.15, 0.2) is 6.54 Å². The van der Waals surface area contributed by atoms with Gasteiger partial charge in [0.1, 0.15) is 28.2 Å². The number of nitrogens with zero attached hydrogens (tertiary/aromatic N) is 6. The summed E-state index contributed by atoms with van der Waals surface area (Å²) in [5.74, 6) is -0.540. The van der Waals surface area contributed by atoms with Crippen LogP contribution in [0.15, 0.2) is 166 Å². The summed E-state index contributed by atoms with van der Waals surface area (Å²) >= 11 is 36.0. The van der Waals surface area contributed by atoms with Gasteiger partial charge in [-0.25, -0.2) is 0 Å². The van der Waals surface area contributed by atoms with Crippen LogP contribution in [0.4, 0.5) is 17.1 Å². The number of benzene rings is 7. The van der Waals surface area contributed by atoms with E-state index in [1.54, 1.807) is 90.1 Å². The highest BCUT2D eigenvalue weighted by molar-refractivity contribution is 9.10. The van der Waals surface area contributed by atoms with Gasteiger partial charge in [0.05, 0.1) is 78.8 Å². The normalized spacial score (nSPS) is 14.2. The van der Waals surface area contributed by atoms with Crippen LogP contribution in [0.3, 0.4) is 0 Å². The van der Waals surface area contributed by atoms with Crippen LogP contribution >= 0.6 is 136 Å². The van der Waals surface area contributed by atoms with Crippen LogP contribution in [0.5, 0.6) is 0 Å². The van der Waals surface area contributed by atoms with Gasteiger partial charge < -0.3 is 14.7 Å². The molecule has 36 heteroatoms. The number of thiazole rings is 3. The smallest absolute Gasteiger partial charge is 0.283 e. The second-order valence-electron chi connectivity index (χ2n) is 27.4. The molecular formula is C83H107Br2Cl3N9O12S10+3. The van der Waals surface area contributed by atoms with Gasteiger partial charge >= 0.3 is 0 Å². The summed E-state index contributed by atoms with van der Waals surface area (Å²) in [6, 6.07) is 42.2. The summed E-state index contributed by atoms with van der Waals surface area (Å²) in [6.07, 6.45) is 17.4. The molecule has 0 radical (unpaired) electrons. The van der Waals surface area contributed by atoms with Crippen LogP contribution in [0, 0.1) is 0 Å². The Morgan fingerprint density at radius 3 is 1.28 bits per heavy atom. The minimum Gasteiger partial charge on any atom is -0.335 e. The molecule has 0 unspecified atom stereocenters. The van der Waals surface area contributed by atoms with Crippen molar-refractivity contribution in [3.8, 4) is 0 Å². The molecule has 10 aromatic rings. The SMILES string of the molecule is CCCC.CCCC.CCCC.CCNOS(=O)(=O)CCCCN1C(=Cc2sc3ccc(Br)cc3[n+]2C)Sc2ccc(Br)cc21.CCNOS(=O)(=O)CCCCN1C(=Cc2sc3ccc(Cl)cc3[n+]2C)Sc2ccc(Cl)cc21.CCNOS(=O)(=O)CCC[n+]1c(C=C2Sc3ccc(Cl)cc3N2CCCS(=O)(=O)O)sc2ccc3ccccc3c21. The predicted molar refractivity (Wildman–Crippen MR) is 510 cm³/mol. The van der Waals surface area contributed by atoms with Crippen LogP contribution < -0.4 is 44.8 Å². The lowest BCUT2D eigenvalue weighted by atomic mass is 10.1. The molecule has 7 aromatic carbocycles. The first-order valence-electron chi connectivity index (χ1n) is 39.6. The molecule has 0 aliphatic carbocycles. The van der Waals surface area contributed by atoms with Crippen molar-refractivity contribution in [3.63, 3.8) is 0 Å². The maximum absolute atomic E-state index is 12.3. The molecule has 3 aliphatic heterocycles. The molecule has 0 fully saturated rings. The van der Waals surface area contributed by atoms with Crippen molar-refractivity contribution < 1.29 is 64.8 Å². The topological polar surface area (TPSA) is 242 Å².